The van der Waals surface area contributed by atoms with Crippen LogP contribution in [0.4, 0.5) is 11.4 Å². The Bertz CT molecular complexity index is 1230. The molecule has 0 spiro atoms. The van der Waals surface area contributed by atoms with Crippen LogP contribution in [0.3, 0.4) is 0 Å². The van der Waals surface area contributed by atoms with Crippen LogP contribution in [0.1, 0.15) is 41.4 Å². The van der Waals surface area contributed by atoms with E-state index in [0.717, 1.165) is 9.80 Å². The van der Waals surface area contributed by atoms with Crippen molar-refractivity contribution in [2.75, 3.05) is 13.3 Å². The van der Waals surface area contributed by atoms with Crippen molar-refractivity contribution in [1.82, 2.24) is 9.80 Å². The van der Waals surface area contributed by atoms with E-state index in [-0.39, 0.29) is 51.1 Å². The molecular formula is C18H10N6O4S2. The molecule has 4 amide bonds. The van der Waals surface area contributed by atoms with Crippen LogP contribution in [0, 0.1) is 0 Å². The van der Waals surface area contributed by atoms with Crippen LogP contribution < -0.4 is 11.5 Å². The van der Waals surface area contributed by atoms with Crippen molar-refractivity contribution in [2.45, 2.75) is 0 Å². The van der Waals surface area contributed by atoms with Gasteiger partial charge in [0.2, 0.25) is 0 Å². The van der Waals surface area contributed by atoms with Gasteiger partial charge < -0.3 is 11.5 Å². The standard InChI is InChI=1S/C18H10N6O4S2/c19-3-23-15(25)7-1-9(21-5-29)12-14-11(7)8(16(23)26)2-10(22-6-30)13(14)18(28)24(4-20)17(12)27/h1-2H,3-4,19-20H2. The molecule has 4 rings (SSSR count). The van der Waals surface area contributed by atoms with Crippen molar-refractivity contribution < 1.29 is 19.2 Å². The number of nitrogens with zero attached hydrogens (tertiary/aromatic N) is 4. The van der Waals surface area contributed by atoms with Crippen molar-refractivity contribution in [3.63, 3.8) is 0 Å². The van der Waals surface area contributed by atoms with Gasteiger partial charge in [-0.2, -0.15) is 9.98 Å². The molecule has 2 heterocycles. The van der Waals surface area contributed by atoms with Gasteiger partial charge in [-0.05, 0) is 36.6 Å². The molecule has 2 aromatic rings. The van der Waals surface area contributed by atoms with Gasteiger partial charge in [-0.15, -0.1) is 0 Å². The molecule has 0 bridgehead atoms. The van der Waals surface area contributed by atoms with Crippen molar-refractivity contribution in [3.8, 4) is 0 Å². The highest BCUT2D eigenvalue weighted by Crippen LogP contribution is 2.45. The number of benzene rings is 2. The Labute approximate surface area is 178 Å². The second-order valence-electron chi connectivity index (χ2n) is 6.23. The number of aliphatic imine (C=N–C) groups is 2. The number of carbonyl (C=O) groups is 4. The van der Waals surface area contributed by atoms with Crippen LogP contribution in [0.2, 0.25) is 0 Å². The monoisotopic (exact) mass is 438 g/mol. The number of hydrogen-bond acceptors (Lipinski definition) is 10. The van der Waals surface area contributed by atoms with E-state index >= 15 is 0 Å². The van der Waals surface area contributed by atoms with E-state index in [1.807, 2.05) is 0 Å². The average Bonchev–Trinajstić information content (AvgIpc) is 2.72. The number of rotatable bonds is 4. The van der Waals surface area contributed by atoms with E-state index in [1.165, 1.54) is 12.1 Å². The third-order valence-electron chi connectivity index (χ3n) is 4.93. The summed E-state index contributed by atoms with van der Waals surface area (Å²) in [5.41, 5.74) is 11.2. The van der Waals surface area contributed by atoms with E-state index in [4.69, 9.17) is 11.5 Å². The SMILES string of the molecule is NCN1C(=O)c2cc(N=C=S)c3c4c(c(N=C=S)cc(c24)C1=O)C(=O)N(CN)C3=O. The van der Waals surface area contributed by atoms with E-state index in [1.54, 1.807) is 0 Å². The molecule has 0 saturated heterocycles. The number of thiocarbonyl (C=S) groups is 2. The van der Waals surface area contributed by atoms with Gasteiger partial charge >= 0.3 is 0 Å². The lowest BCUT2D eigenvalue weighted by atomic mass is 9.84. The van der Waals surface area contributed by atoms with Gasteiger partial charge in [0.1, 0.15) is 0 Å². The number of imide groups is 2. The normalized spacial score (nSPS) is 14.7. The van der Waals surface area contributed by atoms with Gasteiger partial charge in [0, 0.05) is 10.8 Å². The number of amides is 4. The lowest BCUT2D eigenvalue weighted by molar-refractivity contribution is 0.0594. The van der Waals surface area contributed by atoms with Gasteiger partial charge in [-0.1, -0.05) is 0 Å². The highest BCUT2D eigenvalue weighted by atomic mass is 32.1. The lowest BCUT2D eigenvalue weighted by Gasteiger charge is -2.32. The Balaban J connectivity index is 2.33. The van der Waals surface area contributed by atoms with Gasteiger partial charge in [-0.3, -0.25) is 29.0 Å². The Kier molecular flexibility index (Phi) is 4.67. The smallest absolute Gasteiger partial charge is 0.264 e. The van der Waals surface area contributed by atoms with Gasteiger partial charge in [-0.25, -0.2) is 0 Å². The van der Waals surface area contributed by atoms with Crippen molar-refractivity contribution in [1.29, 1.82) is 0 Å². The summed E-state index contributed by atoms with van der Waals surface area (Å²) in [6.07, 6.45) is 0. The fraction of sp³-hybridized carbons (Fsp3) is 0.111. The molecule has 2 aliphatic rings. The first-order valence-electron chi connectivity index (χ1n) is 8.37. The average molecular weight is 438 g/mol. The zero-order valence-corrected chi connectivity index (χ0v) is 16.6. The quantitative estimate of drug-likeness (QED) is 0.412. The Morgan fingerprint density at radius 2 is 1.13 bits per heavy atom. The Hall–Kier alpha value is -3.50. The van der Waals surface area contributed by atoms with E-state index < -0.39 is 30.3 Å². The summed E-state index contributed by atoms with van der Waals surface area (Å²) in [5.74, 6) is -2.89. The molecule has 4 N–H and O–H groups in total. The number of isothiocyanates is 2. The predicted molar refractivity (Wildman–Crippen MR) is 112 cm³/mol. The number of nitrogens with two attached hydrogens (primary N) is 2. The minimum atomic E-state index is -0.749. The first-order valence-corrected chi connectivity index (χ1v) is 9.18. The summed E-state index contributed by atoms with van der Waals surface area (Å²) < 4.78 is 0. The zero-order chi connectivity index (χ0) is 21.7. The molecule has 10 nitrogen and oxygen atoms in total. The number of hydrogen-bond donors (Lipinski definition) is 2. The maximum atomic E-state index is 13.1. The molecule has 2 aromatic carbocycles. The third kappa shape index (κ3) is 2.44. The molecule has 0 saturated carbocycles. The van der Waals surface area contributed by atoms with Crippen LogP contribution in [0.15, 0.2) is 22.1 Å². The minimum absolute atomic E-state index is 0.00111. The van der Waals surface area contributed by atoms with E-state index in [0.29, 0.717) is 0 Å². The topological polar surface area (TPSA) is 152 Å². The summed E-state index contributed by atoms with van der Waals surface area (Å²) in [7, 11) is 0. The molecule has 0 radical (unpaired) electrons. The van der Waals surface area contributed by atoms with Gasteiger partial charge in [0.05, 0.1) is 57.3 Å². The lowest BCUT2D eigenvalue weighted by Crippen LogP contribution is -2.46. The second kappa shape index (κ2) is 7.08. The Morgan fingerprint density at radius 3 is 1.50 bits per heavy atom. The molecule has 0 unspecified atom stereocenters. The largest absolute Gasteiger partial charge is 0.313 e. The summed E-state index contributed by atoms with van der Waals surface area (Å²) >= 11 is 9.34. The fourth-order valence-corrected chi connectivity index (χ4v) is 3.93. The van der Waals surface area contributed by atoms with Crippen molar-refractivity contribution in [2.24, 2.45) is 21.5 Å². The van der Waals surface area contributed by atoms with Crippen LogP contribution >= 0.6 is 24.4 Å². The first kappa shape index (κ1) is 19.8. The predicted octanol–water partition coefficient (Wildman–Crippen LogP) is 1.33. The van der Waals surface area contributed by atoms with Crippen molar-refractivity contribution in [3.05, 3.63) is 34.4 Å². The fourth-order valence-electron chi connectivity index (χ4n) is 3.73. The van der Waals surface area contributed by atoms with Crippen LogP contribution in [0.5, 0.6) is 0 Å². The van der Waals surface area contributed by atoms with E-state index in [9.17, 15) is 19.2 Å². The molecule has 30 heavy (non-hydrogen) atoms. The van der Waals surface area contributed by atoms with Gasteiger partial charge in [0.15, 0.2) is 0 Å². The molecule has 12 heteroatoms. The highest BCUT2D eigenvalue weighted by molar-refractivity contribution is 7.78. The molecule has 0 aliphatic carbocycles. The van der Waals surface area contributed by atoms with Crippen LogP contribution in [0.25, 0.3) is 10.8 Å². The molecule has 0 fully saturated rings. The van der Waals surface area contributed by atoms with Crippen LogP contribution in [-0.2, 0) is 0 Å². The second-order valence-corrected chi connectivity index (χ2v) is 6.60. The third-order valence-corrected chi connectivity index (χ3v) is 5.11. The maximum absolute atomic E-state index is 13.1. The molecule has 0 atom stereocenters. The summed E-state index contributed by atoms with van der Waals surface area (Å²) in [4.78, 5) is 61.4. The summed E-state index contributed by atoms with van der Waals surface area (Å²) in [5, 5.41) is 4.49. The minimum Gasteiger partial charge on any atom is -0.313 e. The molecule has 0 aromatic heterocycles. The molecule has 2 aliphatic heterocycles. The molecule has 148 valence electrons. The van der Waals surface area contributed by atoms with Crippen molar-refractivity contribution >= 4 is 80.5 Å². The Morgan fingerprint density at radius 1 is 0.733 bits per heavy atom. The first-order chi connectivity index (χ1) is 14.4. The molecular weight excluding hydrogens is 428 g/mol. The maximum Gasteiger partial charge on any atom is 0.264 e. The van der Waals surface area contributed by atoms with Crippen LogP contribution in [-0.4, -0.2) is 57.1 Å². The zero-order valence-electron chi connectivity index (χ0n) is 15.0. The van der Waals surface area contributed by atoms with E-state index in [2.05, 4.69) is 44.7 Å². The summed E-state index contributed by atoms with van der Waals surface area (Å²) in [6.45, 7) is -0.791. The highest BCUT2D eigenvalue weighted by Gasteiger charge is 2.42. The van der Waals surface area contributed by atoms with Gasteiger partial charge in [0.25, 0.3) is 23.6 Å². The summed E-state index contributed by atoms with van der Waals surface area (Å²) in [6, 6.07) is 2.62. The number of carbonyl (C=O) groups excluding carboxylic acids is 4.